The quantitative estimate of drug-likeness (QED) is 0.839. The normalized spacial score (nSPS) is 21.0. The predicted molar refractivity (Wildman–Crippen MR) is 80.7 cm³/mol. The average molecular weight is 280 g/mol. The summed E-state index contributed by atoms with van der Waals surface area (Å²) in [6, 6.07) is 4.10. The van der Waals surface area contributed by atoms with Gasteiger partial charge in [0.25, 0.3) is 0 Å². The van der Waals surface area contributed by atoms with E-state index in [2.05, 4.69) is 24.1 Å². The number of nitrogens with zero attached hydrogens (tertiary/aromatic N) is 1. The molecule has 0 aromatic carbocycles. The van der Waals surface area contributed by atoms with Crippen molar-refractivity contribution in [1.82, 2.24) is 10.2 Å². The molecule has 2 N–H and O–H groups in total. The Hall–Kier alpha value is -0.840. The van der Waals surface area contributed by atoms with Crippen LogP contribution in [0.2, 0.25) is 0 Å². The number of aliphatic hydroxyl groups is 1. The molecule has 2 atom stereocenters. The lowest BCUT2D eigenvalue weighted by molar-refractivity contribution is 0.0887. The first-order valence-electron chi connectivity index (χ1n) is 7.74. The number of hydrogen-bond donors (Lipinski definition) is 2. The highest BCUT2D eigenvalue weighted by Gasteiger charge is 2.19. The second-order valence-corrected chi connectivity index (χ2v) is 6.22. The molecule has 20 heavy (non-hydrogen) atoms. The van der Waals surface area contributed by atoms with E-state index in [1.54, 1.807) is 0 Å². The fraction of sp³-hybridized carbons (Fsp3) is 0.750. The smallest absolute Gasteiger partial charge is 0.120 e. The minimum atomic E-state index is -0.318. The average Bonchev–Trinajstić information content (AvgIpc) is 2.85. The van der Waals surface area contributed by atoms with Gasteiger partial charge < -0.3 is 19.7 Å². The molecule has 1 aliphatic heterocycles. The Morgan fingerprint density at radius 2 is 2.10 bits per heavy atom. The van der Waals surface area contributed by atoms with Crippen molar-refractivity contribution in [2.75, 3.05) is 26.2 Å². The lowest BCUT2D eigenvalue weighted by Gasteiger charge is -2.31. The highest BCUT2D eigenvalue weighted by molar-refractivity contribution is 5.08. The number of β-amino-alcohol motifs (C(OH)–C–C–N with tert-alkyl or cyclic N) is 1. The molecule has 1 fully saturated rings. The monoisotopic (exact) mass is 280 g/mol. The number of hydrogen-bond acceptors (Lipinski definition) is 4. The maximum atomic E-state index is 10.1. The third-order valence-electron chi connectivity index (χ3n) is 4.19. The van der Waals surface area contributed by atoms with Gasteiger partial charge in [0.15, 0.2) is 0 Å². The molecule has 0 spiro atoms. The molecule has 1 aliphatic rings. The first kappa shape index (κ1) is 15.5. The summed E-state index contributed by atoms with van der Waals surface area (Å²) in [6.07, 6.45) is 2.19. The van der Waals surface area contributed by atoms with Crippen molar-refractivity contribution >= 4 is 0 Å². The zero-order chi connectivity index (χ0) is 14.5. The second-order valence-electron chi connectivity index (χ2n) is 6.22. The molecule has 1 aromatic rings. The van der Waals surface area contributed by atoms with Crippen LogP contribution in [0, 0.1) is 12.8 Å². The van der Waals surface area contributed by atoms with Crippen molar-refractivity contribution in [3.63, 3.8) is 0 Å². The number of aliphatic hydroxyl groups excluding tert-OH is 1. The fourth-order valence-corrected chi connectivity index (χ4v) is 2.71. The van der Waals surface area contributed by atoms with Gasteiger partial charge in [-0.3, -0.25) is 0 Å². The predicted octanol–water partition coefficient (Wildman–Crippen LogP) is 2.33. The summed E-state index contributed by atoms with van der Waals surface area (Å²) >= 11 is 0. The van der Waals surface area contributed by atoms with Gasteiger partial charge in [0.05, 0.1) is 12.1 Å². The van der Waals surface area contributed by atoms with Gasteiger partial charge in [-0.05, 0) is 57.8 Å². The topological polar surface area (TPSA) is 48.6 Å². The molecule has 1 aromatic heterocycles. The molecule has 4 heteroatoms. The molecule has 0 aliphatic carbocycles. The highest BCUT2D eigenvalue weighted by Crippen LogP contribution is 2.17. The molecular formula is C16H28N2O2. The summed E-state index contributed by atoms with van der Waals surface area (Å²) in [5.41, 5.74) is 0. The first-order chi connectivity index (χ1) is 9.54. The van der Waals surface area contributed by atoms with Gasteiger partial charge >= 0.3 is 0 Å². The van der Waals surface area contributed by atoms with Gasteiger partial charge in [0.2, 0.25) is 0 Å². The standard InChI is InChI=1S/C16H28N2O2/c1-12-6-8-18(9-7-12)11-15(19)10-17-14(3)16-5-4-13(2)20-16/h4-5,12,14-15,17,19H,6-11H2,1-3H3. The van der Waals surface area contributed by atoms with Crippen LogP contribution < -0.4 is 5.32 Å². The Morgan fingerprint density at radius 3 is 2.70 bits per heavy atom. The van der Waals surface area contributed by atoms with E-state index in [4.69, 9.17) is 4.42 Å². The van der Waals surface area contributed by atoms with Crippen LogP contribution in [0.25, 0.3) is 0 Å². The summed E-state index contributed by atoms with van der Waals surface area (Å²) in [7, 11) is 0. The zero-order valence-corrected chi connectivity index (χ0v) is 12.9. The molecule has 0 radical (unpaired) electrons. The van der Waals surface area contributed by atoms with Gasteiger partial charge in [-0.15, -0.1) is 0 Å². The molecule has 2 heterocycles. The summed E-state index contributed by atoms with van der Waals surface area (Å²) in [4.78, 5) is 2.37. The van der Waals surface area contributed by atoms with E-state index in [9.17, 15) is 5.11 Å². The van der Waals surface area contributed by atoms with Gasteiger partial charge in [-0.2, -0.15) is 0 Å². The molecule has 114 valence electrons. The maximum absolute atomic E-state index is 10.1. The number of furan rings is 1. The minimum absolute atomic E-state index is 0.139. The molecule has 1 saturated heterocycles. The van der Waals surface area contributed by atoms with Crippen molar-refractivity contribution < 1.29 is 9.52 Å². The van der Waals surface area contributed by atoms with Gasteiger partial charge in [-0.1, -0.05) is 6.92 Å². The van der Waals surface area contributed by atoms with Crippen LogP contribution in [-0.2, 0) is 0 Å². The van der Waals surface area contributed by atoms with Crippen LogP contribution in [0.5, 0.6) is 0 Å². The third kappa shape index (κ3) is 4.62. The summed E-state index contributed by atoms with van der Waals surface area (Å²) in [6.45, 7) is 9.92. The fourth-order valence-electron chi connectivity index (χ4n) is 2.71. The number of likely N-dealkylation sites (tertiary alicyclic amines) is 1. The zero-order valence-electron chi connectivity index (χ0n) is 12.9. The van der Waals surface area contributed by atoms with Crippen molar-refractivity contribution in [3.8, 4) is 0 Å². The summed E-state index contributed by atoms with van der Waals surface area (Å²) in [5, 5.41) is 13.5. The van der Waals surface area contributed by atoms with E-state index < -0.39 is 0 Å². The SMILES string of the molecule is Cc1ccc(C(C)NCC(O)CN2CCC(C)CC2)o1. The van der Waals surface area contributed by atoms with Crippen LogP contribution in [0.1, 0.15) is 44.3 Å². The Morgan fingerprint density at radius 1 is 1.40 bits per heavy atom. The van der Waals surface area contributed by atoms with Crippen LogP contribution >= 0.6 is 0 Å². The van der Waals surface area contributed by atoms with E-state index in [1.807, 2.05) is 19.1 Å². The highest BCUT2D eigenvalue weighted by atomic mass is 16.3. The van der Waals surface area contributed by atoms with E-state index in [-0.39, 0.29) is 12.1 Å². The number of piperidine rings is 1. The minimum Gasteiger partial charge on any atom is -0.465 e. The van der Waals surface area contributed by atoms with E-state index in [1.165, 1.54) is 12.8 Å². The second kappa shape index (κ2) is 7.25. The van der Waals surface area contributed by atoms with Crippen molar-refractivity contribution in [1.29, 1.82) is 0 Å². The lowest BCUT2D eigenvalue weighted by Crippen LogP contribution is -2.42. The molecular weight excluding hydrogens is 252 g/mol. The van der Waals surface area contributed by atoms with Crippen LogP contribution in [0.4, 0.5) is 0 Å². The number of nitrogens with one attached hydrogen (secondary N) is 1. The van der Waals surface area contributed by atoms with E-state index >= 15 is 0 Å². The molecule has 2 unspecified atom stereocenters. The Labute approximate surface area is 122 Å². The molecule has 2 rings (SSSR count). The van der Waals surface area contributed by atoms with Gasteiger partial charge in [-0.25, -0.2) is 0 Å². The lowest BCUT2D eigenvalue weighted by atomic mass is 9.99. The van der Waals surface area contributed by atoms with Crippen molar-refractivity contribution in [3.05, 3.63) is 23.7 Å². The van der Waals surface area contributed by atoms with Crippen LogP contribution in [0.15, 0.2) is 16.5 Å². The summed E-state index contributed by atoms with van der Waals surface area (Å²) < 4.78 is 5.58. The summed E-state index contributed by atoms with van der Waals surface area (Å²) in [5.74, 6) is 2.70. The van der Waals surface area contributed by atoms with Crippen molar-refractivity contribution in [2.45, 2.75) is 45.8 Å². The van der Waals surface area contributed by atoms with Gasteiger partial charge in [0.1, 0.15) is 11.5 Å². The van der Waals surface area contributed by atoms with E-state index in [0.29, 0.717) is 6.54 Å². The van der Waals surface area contributed by atoms with Crippen molar-refractivity contribution in [2.24, 2.45) is 5.92 Å². The molecule has 0 saturated carbocycles. The third-order valence-corrected chi connectivity index (χ3v) is 4.19. The molecule has 4 nitrogen and oxygen atoms in total. The number of rotatable bonds is 6. The van der Waals surface area contributed by atoms with Gasteiger partial charge in [0, 0.05) is 13.1 Å². The van der Waals surface area contributed by atoms with Crippen LogP contribution in [0.3, 0.4) is 0 Å². The van der Waals surface area contributed by atoms with E-state index in [0.717, 1.165) is 37.1 Å². The largest absolute Gasteiger partial charge is 0.465 e. The Kier molecular flexibility index (Phi) is 5.64. The Bertz CT molecular complexity index is 397. The van der Waals surface area contributed by atoms with Crippen LogP contribution in [-0.4, -0.2) is 42.3 Å². The Balaban J connectivity index is 1.68. The number of aryl methyl sites for hydroxylation is 1. The molecule has 0 amide bonds. The first-order valence-corrected chi connectivity index (χ1v) is 7.74. The maximum Gasteiger partial charge on any atom is 0.120 e. The molecule has 0 bridgehead atoms.